The molecule has 0 aliphatic carbocycles. The summed E-state index contributed by atoms with van der Waals surface area (Å²) < 4.78 is 0. The number of carbonyl (C=O) groups excluding carboxylic acids is 2. The predicted molar refractivity (Wildman–Crippen MR) is 136 cm³/mol. The van der Waals surface area contributed by atoms with Crippen molar-refractivity contribution in [3.05, 3.63) is 64.7 Å². The molecule has 190 valence electrons. The van der Waals surface area contributed by atoms with Crippen molar-refractivity contribution in [2.75, 3.05) is 31.1 Å². The first kappa shape index (κ1) is 26.0. The number of aliphatic hydroxyl groups excluding tert-OH is 2. The number of likely N-dealkylation sites (tertiary alicyclic amines) is 1. The first-order valence-corrected chi connectivity index (χ1v) is 12.7. The summed E-state index contributed by atoms with van der Waals surface area (Å²) in [6, 6.07) is 16.7. The molecule has 0 aromatic heterocycles. The van der Waals surface area contributed by atoms with E-state index in [0.29, 0.717) is 23.7 Å². The van der Waals surface area contributed by atoms with Gasteiger partial charge in [-0.15, -0.1) is 0 Å². The van der Waals surface area contributed by atoms with E-state index in [4.69, 9.17) is 11.6 Å². The van der Waals surface area contributed by atoms with Crippen LogP contribution in [0.5, 0.6) is 0 Å². The Bertz CT molecular complexity index is 1130. The number of para-hydroxylation sites is 1. The zero-order chi connectivity index (χ0) is 25.7. The van der Waals surface area contributed by atoms with Crippen molar-refractivity contribution < 1.29 is 19.8 Å². The average molecular weight is 511 g/mol. The molecule has 0 bridgehead atoms. The lowest BCUT2D eigenvalue weighted by Gasteiger charge is -2.34. The van der Waals surface area contributed by atoms with Crippen LogP contribution in [0.2, 0.25) is 5.02 Å². The molecule has 2 fully saturated rings. The van der Waals surface area contributed by atoms with E-state index in [1.165, 1.54) is 4.90 Å². The van der Waals surface area contributed by atoms with Crippen molar-refractivity contribution in [3.8, 4) is 6.07 Å². The fourth-order valence-corrected chi connectivity index (χ4v) is 5.31. The highest BCUT2D eigenvalue weighted by molar-refractivity contribution is 6.30. The molecule has 0 saturated carbocycles. The number of nitrogens with one attached hydrogen (secondary N) is 1. The molecule has 2 aliphatic rings. The molecule has 2 aromatic rings. The molecule has 2 heterocycles. The second kappa shape index (κ2) is 11.7. The maximum absolute atomic E-state index is 13.0. The molecule has 0 radical (unpaired) electrons. The van der Waals surface area contributed by atoms with Gasteiger partial charge in [0.05, 0.1) is 17.3 Å². The Morgan fingerprint density at radius 2 is 1.81 bits per heavy atom. The van der Waals surface area contributed by atoms with Crippen molar-refractivity contribution in [1.29, 1.82) is 5.26 Å². The van der Waals surface area contributed by atoms with E-state index in [1.54, 1.807) is 18.2 Å². The van der Waals surface area contributed by atoms with Gasteiger partial charge >= 0.3 is 0 Å². The highest BCUT2D eigenvalue weighted by atomic mass is 35.5. The van der Waals surface area contributed by atoms with Crippen LogP contribution in [0, 0.1) is 17.2 Å². The van der Waals surface area contributed by atoms with Gasteiger partial charge in [-0.05, 0) is 61.4 Å². The van der Waals surface area contributed by atoms with Gasteiger partial charge in [-0.1, -0.05) is 35.9 Å². The lowest BCUT2D eigenvalue weighted by Crippen LogP contribution is -2.51. The molecule has 2 aliphatic heterocycles. The highest BCUT2D eigenvalue weighted by Crippen LogP contribution is 2.33. The number of nitriles is 1. The van der Waals surface area contributed by atoms with Crippen molar-refractivity contribution in [2.24, 2.45) is 5.92 Å². The second-order valence-corrected chi connectivity index (χ2v) is 9.88. The highest BCUT2D eigenvalue weighted by Gasteiger charge is 2.38. The Labute approximate surface area is 216 Å². The van der Waals surface area contributed by atoms with E-state index in [2.05, 4.69) is 16.3 Å². The Morgan fingerprint density at radius 3 is 2.53 bits per heavy atom. The number of anilines is 1. The molecule has 2 unspecified atom stereocenters. The van der Waals surface area contributed by atoms with Crippen LogP contribution in [0.3, 0.4) is 0 Å². The van der Waals surface area contributed by atoms with Crippen LogP contribution in [0.4, 0.5) is 5.69 Å². The van der Waals surface area contributed by atoms with Gasteiger partial charge in [-0.2, -0.15) is 5.26 Å². The van der Waals surface area contributed by atoms with Gasteiger partial charge in [0.2, 0.25) is 0 Å². The smallest absolute Gasteiger partial charge is 0.255 e. The number of aliphatic hydroxyl groups is 2. The lowest BCUT2D eigenvalue weighted by atomic mass is 9.95. The minimum atomic E-state index is -1.85. The molecule has 9 heteroatoms. The van der Waals surface area contributed by atoms with Crippen LogP contribution >= 0.6 is 11.6 Å². The molecule has 8 nitrogen and oxygen atoms in total. The molecular weight excluding hydrogens is 480 g/mol. The Hall–Kier alpha value is -3.12. The Balaban J connectivity index is 1.27. The molecule has 36 heavy (non-hydrogen) atoms. The van der Waals surface area contributed by atoms with Gasteiger partial charge in [0.25, 0.3) is 11.8 Å². The third-order valence-electron chi connectivity index (χ3n) is 7.13. The van der Waals surface area contributed by atoms with E-state index < -0.39 is 24.0 Å². The third kappa shape index (κ3) is 5.81. The van der Waals surface area contributed by atoms with Crippen LogP contribution in [-0.4, -0.2) is 65.3 Å². The van der Waals surface area contributed by atoms with E-state index in [-0.39, 0.29) is 12.0 Å². The monoisotopic (exact) mass is 510 g/mol. The molecular formula is C27H31ClN4O4. The molecule has 0 spiro atoms. The van der Waals surface area contributed by atoms with E-state index in [0.717, 1.165) is 50.0 Å². The second-order valence-electron chi connectivity index (χ2n) is 9.44. The summed E-state index contributed by atoms with van der Waals surface area (Å²) in [5.74, 6) is -1.22. The number of hydrogen-bond donors (Lipinski definition) is 3. The largest absolute Gasteiger partial charge is 0.380 e. The fraction of sp³-hybridized carbons (Fsp3) is 0.444. The number of amides is 2. The molecule has 3 atom stereocenters. The topological polar surface area (TPSA) is 117 Å². The molecule has 2 saturated heterocycles. The van der Waals surface area contributed by atoms with Gasteiger partial charge in [-0.3, -0.25) is 9.59 Å². The Morgan fingerprint density at radius 1 is 1.06 bits per heavy atom. The third-order valence-corrected chi connectivity index (χ3v) is 7.37. The summed E-state index contributed by atoms with van der Waals surface area (Å²) in [5, 5.41) is 33.5. The summed E-state index contributed by atoms with van der Waals surface area (Å²) >= 11 is 6.10. The van der Waals surface area contributed by atoms with Gasteiger partial charge in [0.1, 0.15) is 6.07 Å². The minimum absolute atomic E-state index is 0.199. The van der Waals surface area contributed by atoms with Crippen molar-refractivity contribution >= 4 is 29.1 Å². The maximum atomic E-state index is 13.0. The zero-order valence-electron chi connectivity index (χ0n) is 20.0. The van der Waals surface area contributed by atoms with Gasteiger partial charge in [0.15, 0.2) is 12.2 Å². The van der Waals surface area contributed by atoms with Crippen molar-refractivity contribution in [2.45, 2.75) is 43.9 Å². The first-order valence-electron chi connectivity index (χ1n) is 12.3. The number of carbonyl (C=O) groups is 2. The summed E-state index contributed by atoms with van der Waals surface area (Å²) in [6.45, 7) is 2.29. The van der Waals surface area contributed by atoms with Gasteiger partial charge in [-0.25, -0.2) is 0 Å². The average Bonchev–Trinajstić information content (AvgIpc) is 3.41. The predicted octanol–water partition coefficient (Wildman–Crippen LogP) is 2.63. The van der Waals surface area contributed by atoms with Crippen molar-refractivity contribution in [3.63, 3.8) is 0 Å². The standard InChI is InChI=1S/C27H31ClN4O4/c28-21-7-3-6-19(15-21)23-9-4-12-32(23)27(36)25(34)24(33)26(35)30-17-18-10-13-31(14-11-18)22-8-2-1-5-20(22)16-29/h1-3,5-8,15,18,23-25,33-34H,4,9-14,17H2,(H,30,35)/t23?,24?,25-/m1/s1. The first-order chi connectivity index (χ1) is 17.4. The van der Waals surface area contributed by atoms with Gasteiger partial charge < -0.3 is 25.3 Å². The summed E-state index contributed by atoms with van der Waals surface area (Å²) in [4.78, 5) is 29.2. The number of halogens is 1. The number of nitrogens with zero attached hydrogens (tertiary/aromatic N) is 3. The van der Waals surface area contributed by atoms with Crippen LogP contribution in [0.25, 0.3) is 0 Å². The molecule has 2 aromatic carbocycles. The molecule has 4 rings (SSSR count). The number of hydrogen-bond acceptors (Lipinski definition) is 6. The van der Waals surface area contributed by atoms with Crippen LogP contribution in [0.15, 0.2) is 48.5 Å². The Kier molecular flexibility index (Phi) is 8.47. The van der Waals surface area contributed by atoms with Crippen LogP contribution in [0.1, 0.15) is 42.9 Å². The van der Waals surface area contributed by atoms with Crippen LogP contribution < -0.4 is 10.2 Å². The van der Waals surface area contributed by atoms with E-state index >= 15 is 0 Å². The molecule has 2 amide bonds. The maximum Gasteiger partial charge on any atom is 0.255 e. The molecule has 3 N–H and O–H groups in total. The van der Waals surface area contributed by atoms with Gasteiger partial charge in [0, 0.05) is 31.2 Å². The van der Waals surface area contributed by atoms with E-state index in [9.17, 15) is 25.1 Å². The lowest BCUT2D eigenvalue weighted by molar-refractivity contribution is -0.153. The number of piperidine rings is 1. The number of benzene rings is 2. The van der Waals surface area contributed by atoms with Crippen LogP contribution in [-0.2, 0) is 9.59 Å². The SMILES string of the molecule is N#Cc1ccccc1N1CCC(CNC(=O)C(O)[C@@H](O)C(=O)N2CCCC2c2cccc(Cl)c2)CC1. The minimum Gasteiger partial charge on any atom is -0.380 e. The van der Waals surface area contributed by atoms with Crippen molar-refractivity contribution in [1.82, 2.24) is 10.2 Å². The zero-order valence-corrected chi connectivity index (χ0v) is 20.8. The summed E-state index contributed by atoms with van der Waals surface area (Å²) in [6.07, 6.45) is -0.581. The summed E-state index contributed by atoms with van der Waals surface area (Å²) in [5.41, 5.74) is 2.42. The quantitative estimate of drug-likeness (QED) is 0.527. The normalized spacial score (nSPS) is 20.0. The summed E-state index contributed by atoms with van der Waals surface area (Å²) in [7, 11) is 0. The van der Waals surface area contributed by atoms with E-state index in [1.807, 2.05) is 30.3 Å². The number of rotatable bonds is 7. The fourth-order valence-electron chi connectivity index (χ4n) is 5.11.